The van der Waals surface area contributed by atoms with Gasteiger partial charge in [0.2, 0.25) is 0 Å². The Bertz CT molecular complexity index is 588. The number of anilines is 1. The molecule has 1 aliphatic carbocycles. The van der Waals surface area contributed by atoms with Gasteiger partial charge in [0, 0.05) is 35.9 Å². The van der Waals surface area contributed by atoms with Gasteiger partial charge in [-0.1, -0.05) is 0 Å². The zero-order valence-electron chi connectivity index (χ0n) is 11.8. The SMILES string of the molecule is O=C(NCCc1nc2c(s1)CCCC2)Nc1ccncc1. The molecule has 2 aromatic heterocycles. The predicted octanol–water partition coefficient (Wildman–Crippen LogP) is 2.78. The van der Waals surface area contributed by atoms with E-state index in [1.165, 1.54) is 29.8 Å². The maximum absolute atomic E-state index is 11.7. The lowest BCUT2D eigenvalue weighted by Gasteiger charge is -2.06. The van der Waals surface area contributed by atoms with Gasteiger partial charge in [0.05, 0.1) is 10.7 Å². The Balaban J connectivity index is 1.45. The molecule has 1 aliphatic rings. The molecular formula is C15H18N4OS. The van der Waals surface area contributed by atoms with E-state index < -0.39 is 0 Å². The molecule has 0 radical (unpaired) electrons. The number of rotatable bonds is 4. The van der Waals surface area contributed by atoms with E-state index in [0.717, 1.165) is 23.5 Å². The first kappa shape index (κ1) is 14.0. The van der Waals surface area contributed by atoms with E-state index in [9.17, 15) is 4.79 Å². The maximum Gasteiger partial charge on any atom is 0.319 e. The van der Waals surface area contributed by atoms with Crippen LogP contribution in [-0.2, 0) is 19.3 Å². The highest BCUT2D eigenvalue weighted by Crippen LogP contribution is 2.26. The molecule has 0 bridgehead atoms. The molecule has 0 aliphatic heterocycles. The molecule has 0 unspecified atom stereocenters. The Kier molecular flexibility index (Phi) is 4.45. The number of carbonyl (C=O) groups is 1. The fourth-order valence-electron chi connectivity index (χ4n) is 2.41. The molecule has 21 heavy (non-hydrogen) atoms. The minimum atomic E-state index is -0.192. The number of aromatic nitrogens is 2. The largest absolute Gasteiger partial charge is 0.337 e. The van der Waals surface area contributed by atoms with Gasteiger partial charge in [-0.3, -0.25) is 4.98 Å². The molecule has 3 rings (SSSR count). The first-order valence-electron chi connectivity index (χ1n) is 7.23. The molecule has 6 heteroatoms. The molecule has 5 nitrogen and oxygen atoms in total. The van der Waals surface area contributed by atoms with Crippen molar-refractivity contribution >= 4 is 23.1 Å². The summed E-state index contributed by atoms with van der Waals surface area (Å²) in [6.45, 7) is 0.601. The summed E-state index contributed by atoms with van der Waals surface area (Å²) < 4.78 is 0. The highest BCUT2D eigenvalue weighted by atomic mass is 32.1. The standard InChI is InChI=1S/C15H18N4OS/c20-15(18-11-5-8-16-9-6-11)17-10-7-14-19-12-3-1-2-4-13(12)21-14/h5-6,8-9H,1-4,7,10H2,(H2,16,17,18,20). The lowest BCUT2D eigenvalue weighted by molar-refractivity contribution is 0.252. The van der Waals surface area contributed by atoms with Crippen molar-refractivity contribution in [2.24, 2.45) is 0 Å². The average Bonchev–Trinajstić information content (AvgIpc) is 2.91. The van der Waals surface area contributed by atoms with Crippen LogP contribution in [0.5, 0.6) is 0 Å². The molecule has 0 spiro atoms. The summed E-state index contributed by atoms with van der Waals surface area (Å²) in [6.07, 6.45) is 8.90. The van der Waals surface area contributed by atoms with Crippen LogP contribution in [0.4, 0.5) is 10.5 Å². The van der Waals surface area contributed by atoms with Crippen LogP contribution >= 0.6 is 11.3 Å². The van der Waals surface area contributed by atoms with Gasteiger partial charge in [-0.2, -0.15) is 0 Å². The number of carbonyl (C=O) groups excluding carboxylic acids is 1. The van der Waals surface area contributed by atoms with Gasteiger partial charge >= 0.3 is 6.03 Å². The van der Waals surface area contributed by atoms with Crippen molar-refractivity contribution in [3.8, 4) is 0 Å². The minimum absolute atomic E-state index is 0.192. The van der Waals surface area contributed by atoms with Crippen molar-refractivity contribution in [3.05, 3.63) is 40.1 Å². The molecule has 2 aromatic rings. The number of urea groups is 1. The summed E-state index contributed by atoms with van der Waals surface area (Å²) in [5.74, 6) is 0. The first-order chi connectivity index (χ1) is 10.3. The molecule has 0 saturated carbocycles. The van der Waals surface area contributed by atoms with E-state index in [4.69, 9.17) is 0 Å². The van der Waals surface area contributed by atoms with E-state index in [1.54, 1.807) is 35.9 Å². The minimum Gasteiger partial charge on any atom is -0.337 e. The van der Waals surface area contributed by atoms with Gasteiger partial charge in [0.25, 0.3) is 0 Å². The van der Waals surface area contributed by atoms with Gasteiger partial charge in [-0.25, -0.2) is 9.78 Å². The van der Waals surface area contributed by atoms with E-state index >= 15 is 0 Å². The Morgan fingerprint density at radius 2 is 2.05 bits per heavy atom. The van der Waals surface area contributed by atoms with Crippen LogP contribution in [0.3, 0.4) is 0 Å². The third-order valence-electron chi connectivity index (χ3n) is 3.45. The highest BCUT2D eigenvalue weighted by molar-refractivity contribution is 7.11. The van der Waals surface area contributed by atoms with Crippen molar-refractivity contribution in [2.75, 3.05) is 11.9 Å². The van der Waals surface area contributed by atoms with E-state index in [2.05, 4.69) is 20.6 Å². The van der Waals surface area contributed by atoms with Gasteiger partial charge in [0.15, 0.2) is 0 Å². The van der Waals surface area contributed by atoms with E-state index in [0.29, 0.717) is 6.54 Å². The second-order valence-electron chi connectivity index (χ2n) is 5.05. The van der Waals surface area contributed by atoms with Gasteiger partial charge in [-0.05, 0) is 37.8 Å². The molecule has 2 N–H and O–H groups in total. The number of hydrogen-bond donors (Lipinski definition) is 2. The number of nitrogens with one attached hydrogen (secondary N) is 2. The van der Waals surface area contributed by atoms with Crippen molar-refractivity contribution in [1.82, 2.24) is 15.3 Å². The van der Waals surface area contributed by atoms with Crippen molar-refractivity contribution < 1.29 is 4.79 Å². The summed E-state index contributed by atoms with van der Waals surface area (Å²) >= 11 is 1.80. The number of nitrogens with zero attached hydrogens (tertiary/aromatic N) is 2. The zero-order chi connectivity index (χ0) is 14.5. The normalized spacial score (nSPS) is 13.5. The number of amides is 2. The number of hydrogen-bond acceptors (Lipinski definition) is 4. The fourth-order valence-corrected chi connectivity index (χ4v) is 3.56. The number of aryl methyl sites for hydroxylation is 2. The second-order valence-corrected chi connectivity index (χ2v) is 6.22. The van der Waals surface area contributed by atoms with Crippen LogP contribution in [0.15, 0.2) is 24.5 Å². The topological polar surface area (TPSA) is 66.9 Å². The molecule has 2 amide bonds. The van der Waals surface area contributed by atoms with Crippen LogP contribution in [0.25, 0.3) is 0 Å². The van der Waals surface area contributed by atoms with E-state index in [-0.39, 0.29) is 6.03 Å². The van der Waals surface area contributed by atoms with Crippen molar-refractivity contribution in [1.29, 1.82) is 0 Å². The average molecular weight is 302 g/mol. The van der Waals surface area contributed by atoms with Gasteiger partial charge in [0.1, 0.15) is 0 Å². The summed E-state index contributed by atoms with van der Waals surface area (Å²) in [6, 6.07) is 3.32. The Hall–Kier alpha value is -1.95. The zero-order valence-corrected chi connectivity index (χ0v) is 12.6. The van der Waals surface area contributed by atoms with Crippen molar-refractivity contribution in [3.63, 3.8) is 0 Å². The summed E-state index contributed by atoms with van der Waals surface area (Å²) in [5.41, 5.74) is 2.02. The Morgan fingerprint density at radius 1 is 1.24 bits per heavy atom. The molecule has 0 saturated heterocycles. The van der Waals surface area contributed by atoms with E-state index in [1.807, 2.05) is 0 Å². The number of thiazole rings is 1. The van der Waals surface area contributed by atoms with Crippen LogP contribution in [0.2, 0.25) is 0 Å². The molecular weight excluding hydrogens is 284 g/mol. The number of pyridine rings is 1. The molecule has 0 atom stereocenters. The summed E-state index contributed by atoms with van der Waals surface area (Å²) in [5, 5.41) is 6.76. The predicted molar refractivity (Wildman–Crippen MR) is 83.7 cm³/mol. The molecule has 2 heterocycles. The Labute approximate surface area is 127 Å². The molecule has 0 aromatic carbocycles. The summed E-state index contributed by atoms with van der Waals surface area (Å²) in [4.78, 5) is 21.8. The molecule has 110 valence electrons. The summed E-state index contributed by atoms with van der Waals surface area (Å²) in [7, 11) is 0. The highest BCUT2D eigenvalue weighted by Gasteiger charge is 2.14. The van der Waals surface area contributed by atoms with Crippen LogP contribution < -0.4 is 10.6 Å². The fraction of sp³-hybridized carbons (Fsp3) is 0.400. The number of fused-ring (bicyclic) bond motifs is 1. The lowest BCUT2D eigenvalue weighted by Crippen LogP contribution is -2.30. The smallest absolute Gasteiger partial charge is 0.319 e. The maximum atomic E-state index is 11.7. The van der Waals surface area contributed by atoms with Crippen LogP contribution in [0.1, 0.15) is 28.4 Å². The molecule has 0 fully saturated rings. The van der Waals surface area contributed by atoms with Crippen molar-refractivity contribution in [2.45, 2.75) is 32.1 Å². The second kappa shape index (κ2) is 6.67. The lowest BCUT2D eigenvalue weighted by atomic mass is 10.0. The monoisotopic (exact) mass is 302 g/mol. The quantitative estimate of drug-likeness (QED) is 0.912. The third-order valence-corrected chi connectivity index (χ3v) is 4.67. The van der Waals surface area contributed by atoms with Crippen LogP contribution in [-0.4, -0.2) is 22.5 Å². The van der Waals surface area contributed by atoms with Gasteiger partial charge in [-0.15, -0.1) is 11.3 Å². The van der Waals surface area contributed by atoms with Crippen LogP contribution in [0, 0.1) is 0 Å². The van der Waals surface area contributed by atoms with Gasteiger partial charge < -0.3 is 10.6 Å². The first-order valence-corrected chi connectivity index (χ1v) is 8.05. The Morgan fingerprint density at radius 3 is 2.86 bits per heavy atom. The third kappa shape index (κ3) is 3.78.